The van der Waals surface area contributed by atoms with Crippen LogP contribution in [0, 0.1) is 0 Å². The first-order valence-corrected chi connectivity index (χ1v) is 7.21. The second-order valence-electron chi connectivity index (χ2n) is 3.28. The van der Waals surface area contributed by atoms with Crippen LogP contribution in [0.4, 0.5) is 0 Å². The third kappa shape index (κ3) is 2.06. The van der Waals surface area contributed by atoms with Crippen molar-refractivity contribution in [3.05, 3.63) is 11.5 Å². The summed E-state index contributed by atoms with van der Waals surface area (Å²) in [6.07, 6.45) is 0. The van der Waals surface area contributed by atoms with Gasteiger partial charge in [-0.2, -0.15) is 0 Å². The molecule has 1 heterocycles. The van der Waals surface area contributed by atoms with Gasteiger partial charge >= 0.3 is 5.97 Å². The Morgan fingerprint density at radius 3 is 2.67 bits per heavy atom. The Hall–Kier alpha value is -0.490. The molecule has 0 spiro atoms. The van der Waals surface area contributed by atoms with E-state index >= 15 is 0 Å². The van der Waals surface area contributed by atoms with Gasteiger partial charge in [0, 0.05) is 27.2 Å². The summed E-state index contributed by atoms with van der Waals surface area (Å²) in [6, 6.07) is 0. The van der Waals surface area contributed by atoms with E-state index in [1.54, 1.807) is 6.92 Å². The molecule has 3 unspecified atom stereocenters. The number of hydrogen-bond acceptors (Lipinski definition) is 4. The summed E-state index contributed by atoms with van der Waals surface area (Å²) in [5.74, 6) is -0.0390. The molecule has 0 aromatic rings. The number of carbonyl (C=O) groups excluding carboxylic acids is 1. The van der Waals surface area contributed by atoms with Gasteiger partial charge in [-0.25, -0.2) is 0 Å². The lowest BCUT2D eigenvalue weighted by Crippen LogP contribution is -2.49. The molecule has 6 heteroatoms. The molecule has 1 aliphatic rings. The van der Waals surface area contributed by atoms with Crippen LogP contribution in [0.5, 0.6) is 0 Å². The first kappa shape index (κ1) is 12.6. The van der Waals surface area contributed by atoms with Crippen LogP contribution in [-0.4, -0.2) is 37.2 Å². The molecule has 86 valence electrons. The van der Waals surface area contributed by atoms with E-state index in [0.717, 1.165) is 0 Å². The van der Waals surface area contributed by atoms with Crippen molar-refractivity contribution >= 4 is 27.6 Å². The molecule has 3 atom stereocenters. The molecule has 4 nitrogen and oxygen atoms in total. The molecule has 1 aliphatic heterocycles. The third-order valence-corrected chi connectivity index (χ3v) is 6.20. The predicted molar refractivity (Wildman–Crippen MR) is 60.2 cm³/mol. The van der Waals surface area contributed by atoms with Gasteiger partial charge < -0.3 is 4.74 Å². The van der Waals surface area contributed by atoms with Crippen molar-refractivity contribution in [2.45, 2.75) is 18.6 Å². The van der Waals surface area contributed by atoms with Crippen LogP contribution in [0.15, 0.2) is 11.5 Å². The molecule has 1 fully saturated rings. The topological polar surface area (TPSA) is 60.4 Å². The molecule has 0 saturated carbocycles. The Labute approximate surface area is 94.0 Å². The second-order valence-corrected chi connectivity index (χ2v) is 6.78. The van der Waals surface area contributed by atoms with E-state index in [0.29, 0.717) is 5.75 Å². The standard InChI is InChI=1S/C9H14O4S2/c1-4-13-8(10)9(3)7(2)14(11)5-6-15(9)12/h2,4-6H2,1,3H3. The monoisotopic (exact) mass is 250 g/mol. The highest BCUT2D eigenvalue weighted by molar-refractivity contribution is 7.96. The highest BCUT2D eigenvalue weighted by Gasteiger charge is 2.48. The molecule has 0 bridgehead atoms. The van der Waals surface area contributed by atoms with Gasteiger partial charge in [0.2, 0.25) is 0 Å². The van der Waals surface area contributed by atoms with Gasteiger partial charge in [0.25, 0.3) is 0 Å². The first-order valence-electron chi connectivity index (χ1n) is 4.58. The van der Waals surface area contributed by atoms with Crippen molar-refractivity contribution in [3.63, 3.8) is 0 Å². The van der Waals surface area contributed by atoms with E-state index in [2.05, 4.69) is 6.58 Å². The summed E-state index contributed by atoms with van der Waals surface area (Å²) >= 11 is 0. The van der Waals surface area contributed by atoms with Crippen molar-refractivity contribution in [1.29, 1.82) is 0 Å². The van der Waals surface area contributed by atoms with Gasteiger partial charge in [0.05, 0.1) is 17.4 Å². The fourth-order valence-electron chi connectivity index (χ4n) is 1.30. The van der Waals surface area contributed by atoms with E-state index in [-0.39, 0.29) is 17.3 Å². The van der Waals surface area contributed by atoms with Crippen LogP contribution in [0.1, 0.15) is 13.8 Å². The number of carbonyl (C=O) groups is 1. The van der Waals surface area contributed by atoms with Gasteiger partial charge in [0.1, 0.15) is 0 Å². The van der Waals surface area contributed by atoms with Crippen LogP contribution < -0.4 is 0 Å². The maximum absolute atomic E-state index is 11.8. The van der Waals surface area contributed by atoms with Gasteiger partial charge in [-0.3, -0.25) is 13.2 Å². The van der Waals surface area contributed by atoms with Gasteiger partial charge in [-0.05, 0) is 13.8 Å². The lowest BCUT2D eigenvalue weighted by atomic mass is 10.1. The maximum atomic E-state index is 11.8. The molecular formula is C9H14O4S2. The Kier molecular flexibility index (Phi) is 3.83. The lowest BCUT2D eigenvalue weighted by molar-refractivity contribution is -0.144. The summed E-state index contributed by atoms with van der Waals surface area (Å²) in [5.41, 5.74) is 0. The molecule has 0 aromatic carbocycles. The molecule has 0 N–H and O–H groups in total. The van der Waals surface area contributed by atoms with E-state index in [9.17, 15) is 13.2 Å². The van der Waals surface area contributed by atoms with Crippen LogP contribution in [0.25, 0.3) is 0 Å². The molecule has 15 heavy (non-hydrogen) atoms. The quantitative estimate of drug-likeness (QED) is 0.663. The number of esters is 1. The van der Waals surface area contributed by atoms with Crippen molar-refractivity contribution in [1.82, 2.24) is 0 Å². The van der Waals surface area contributed by atoms with Crippen molar-refractivity contribution < 1.29 is 17.9 Å². The first-order chi connectivity index (χ1) is 6.94. The smallest absolute Gasteiger partial charge is 0.329 e. The zero-order valence-corrected chi connectivity index (χ0v) is 10.4. The van der Waals surface area contributed by atoms with Crippen LogP contribution in [-0.2, 0) is 31.1 Å². The Balaban J connectivity index is 3.06. The second kappa shape index (κ2) is 4.57. The number of hydrogen-bond donors (Lipinski definition) is 0. The van der Waals surface area contributed by atoms with Crippen molar-refractivity contribution in [3.8, 4) is 0 Å². The molecule has 0 radical (unpaired) electrons. The lowest BCUT2D eigenvalue weighted by Gasteiger charge is -2.31. The van der Waals surface area contributed by atoms with Crippen molar-refractivity contribution in [2.24, 2.45) is 0 Å². The van der Waals surface area contributed by atoms with E-state index in [1.165, 1.54) is 6.92 Å². The van der Waals surface area contributed by atoms with Gasteiger partial charge in [0.15, 0.2) is 4.75 Å². The van der Waals surface area contributed by atoms with E-state index in [1.807, 2.05) is 0 Å². The van der Waals surface area contributed by atoms with Crippen LogP contribution in [0.3, 0.4) is 0 Å². The fourth-order valence-corrected chi connectivity index (χ4v) is 4.74. The molecule has 1 rings (SSSR count). The third-order valence-electron chi connectivity index (χ3n) is 2.38. The molecule has 0 amide bonds. The predicted octanol–water partition coefficient (Wildman–Crippen LogP) is 0.333. The highest BCUT2D eigenvalue weighted by atomic mass is 32.2. The normalized spacial score (nSPS) is 36.3. The SMILES string of the molecule is C=C1S(=O)CCS(=O)C1(C)C(=O)OCC. The minimum Gasteiger partial charge on any atom is -0.465 e. The largest absolute Gasteiger partial charge is 0.465 e. The minimum atomic E-state index is -1.39. The zero-order valence-electron chi connectivity index (χ0n) is 8.78. The van der Waals surface area contributed by atoms with Crippen LogP contribution >= 0.6 is 0 Å². The molecular weight excluding hydrogens is 236 g/mol. The molecule has 0 aromatic heterocycles. The molecule has 1 saturated heterocycles. The van der Waals surface area contributed by atoms with Crippen LogP contribution in [0.2, 0.25) is 0 Å². The van der Waals surface area contributed by atoms with E-state index in [4.69, 9.17) is 4.74 Å². The van der Waals surface area contributed by atoms with Crippen molar-refractivity contribution in [2.75, 3.05) is 18.1 Å². The average Bonchev–Trinajstić information content (AvgIpc) is 2.21. The summed E-state index contributed by atoms with van der Waals surface area (Å²) in [6.45, 7) is 6.98. The zero-order chi connectivity index (χ0) is 11.6. The fraction of sp³-hybridized carbons (Fsp3) is 0.667. The van der Waals surface area contributed by atoms with Gasteiger partial charge in [-0.15, -0.1) is 0 Å². The summed E-state index contributed by atoms with van der Waals surface area (Å²) in [5, 5.41) is 0. The Morgan fingerprint density at radius 1 is 1.53 bits per heavy atom. The van der Waals surface area contributed by atoms with E-state index < -0.39 is 32.3 Å². The van der Waals surface area contributed by atoms with Gasteiger partial charge in [-0.1, -0.05) is 6.58 Å². The Morgan fingerprint density at radius 2 is 2.13 bits per heavy atom. The minimum absolute atomic E-state index is 0.213. The average molecular weight is 250 g/mol. The molecule has 0 aliphatic carbocycles. The summed E-state index contributed by atoms with van der Waals surface area (Å²) < 4.78 is 26.9. The summed E-state index contributed by atoms with van der Waals surface area (Å²) in [7, 11) is -2.68. The number of ether oxygens (including phenoxy) is 1. The highest BCUT2D eigenvalue weighted by Crippen LogP contribution is 2.31. The number of rotatable bonds is 2. The maximum Gasteiger partial charge on any atom is 0.329 e. The Bertz CT molecular complexity index is 350. The summed E-state index contributed by atoms with van der Waals surface area (Å²) in [4.78, 5) is 11.9.